The lowest BCUT2D eigenvalue weighted by Gasteiger charge is -2.19. The highest BCUT2D eigenvalue weighted by atomic mass is 35.5. The maximum atomic E-state index is 9.10. The first-order chi connectivity index (χ1) is 12.9. The Morgan fingerprint density at radius 1 is 1.00 bits per heavy atom. The van der Waals surface area contributed by atoms with E-state index in [1.165, 1.54) is 0 Å². The summed E-state index contributed by atoms with van der Waals surface area (Å²) >= 11 is 6.21. The van der Waals surface area contributed by atoms with Gasteiger partial charge in [0.25, 0.3) is 0 Å². The lowest BCUT2D eigenvalue weighted by atomic mass is 10.1. The number of benzene rings is 2. The first kappa shape index (κ1) is 22.2. The molecule has 0 saturated heterocycles. The van der Waals surface area contributed by atoms with Crippen LogP contribution in [0.15, 0.2) is 61.7 Å². The molecule has 2 aromatic carbocycles. The summed E-state index contributed by atoms with van der Waals surface area (Å²) in [5.74, 6) is -2.78. The zero-order valence-electron chi connectivity index (χ0n) is 14.8. The Labute approximate surface area is 162 Å². The van der Waals surface area contributed by atoms with E-state index in [1.54, 1.807) is 0 Å². The molecule has 2 rings (SSSR count). The summed E-state index contributed by atoms with van der Waals surface area (Å²) in [4.78, 5) is 20.4. The van der Waals surface area contributed by atoms with Crippen LogP contribution < -0.4 is 4.74 Å². The van der Waals surface area contributed by atoms with E-state index in [-0.39, 0.29) is 0 Å². The van der Waals surface area contributed by atoms with Gasteiger partial charge in [-0.25, -0.2) is 9.59 Å². The third kappa shape index (κ3) is 7.52. The Kier molecular flexibility index (Phi) is 9.64. The van der Waals surface area contributed by atoms with Gasteiger partial charge in [0.2, 0.25) is 0 Å². The molecule has 0 unspecified atom stereocenters. The van der Waals surface area contributed by atoms with Crippen molar-refractivity contribution in [2.45, 2.75) is 0 Å². The van der Waals surface area contributed by atoms with E-state index in [0.29, 0.717) is 6.61 Å². The topological polar surface area (TPSA) is 87.1 Å². The van der Waals surface area contributed by atoms with Crippen LogP contribution in [-0.2, 0) is 9.59 Å². The molecule has 144 valence electrons. The van der Waals surface area contributed by atoms with E-state index in [2.05, 4.69) is 18.1 Å². The molecule has 0 bridgehead atoms. The van der Waals surface area contributed by atoms with Gasteiger partial charge in [0.05, 0.1) is 0 Å². The number of ether oxygens (including phenoxy) is 1. The van der Waals surface area contributed by atoms with Gasteiger partial charge in [-0.15, -0.1) is 13.2 Å². The fraction of sp³-hybridized carbons (Fsp3) is 0.200. The third-order valence-electron chi connectivity index (χ3n) is 3.45. The monoisotopic (exact) mass is 391 g/mol. The molecule has 0 aromatic heterocycles. The number of carboxylic acid groups (broad SMARTS) is 2. The summed E-state index contributed by atoms with van der Waals surface area (Å²) in [5.41, 5.74) is 0. The summed E-state index contributed by atoms with van der Waals surface area (Å²) in [5, 5.41) is 17.6. The van der Waals surface area contributed by atoms with Crippen LogP contribution in [0.3, 0.4) is 0 Å². The fourth-order valence-corrected chi connectivity index (χ4v) is 2.50. The quantitative estimate of drug-likeness (QED) is 0.527. The summed E-state index contributed by atoms with van der Waals surface area (Å²) in [6.45, 7) is 10.6. The van der Waals surface area contributed by atoms with Gasteiger partial charge >= 0.3 is 11.9 Å². The van der Waals surface area contributed by atoms with Crippen LogP contribution in [0.2, 0.25) is 5.02 Å². The van der Waals surface area contributed by atoms with Gasteiger partial charge in [-0.1, -0.05) is 48.0 Å². The van der Waals surface area contributed by atoms with Gasteiger partial charge < -0.3 is 14.9 Å². The van der Waals surface area contributed by atoms with Crippen LogP contribution in [0.5, 0.6) is 5.75 Å². The predicted octanol–water partition coefficient (Wildman–Crippen LogP) is 3.70. The van der Waals surface area contributed by atoms with E-state index in [1.807, 2.05) is 48.6 Å². The van der Waals surface area contributed by atoms with E-state index < -0.39 is 11.9 Å². The molecule has 2 aromatic rings. The van der Waals surface area contributed by atoms with Gasteiger partial charge in [-0.3, -0.25) is 4.90 Å². The molecular weight excluding hydrogens is 370 g/mol. The molecule has 0 amide bonds. The second-order valence-corrected chi connectivity index (χ2v) is 5.79. The standard InChI is InChI=1S/C18H20ClNO.C2H2O4/c1-3-11-20(12-4-2)13-14-21-18-10-9-17(19)15-7-5-6-8-16(15)18;3-1(4)2(5)6/h3-10H,1-2,11-14H2;(H,3,4)(H,5,6). The molecule has 0 heterocycles. The number of halogens is 1. The van der Waals surface area contributed by atoms with E-state index in [4.69, 9.17) is 36.1 Å². The minimum atomic E-state index is -1.82. The minimum absolute atomic E-state index is 0.618. The highest BCUT2D eigenvalue weighted by molar-refractivity contribution is 6.35. The van der Waals surface area contributed by atoms with Gasteiger partial charge in [0.15, 0.2) is 0 Å². The Bertz CT molecular complexity index is 784. The van der Waals surface area contributed by atoms with Gasteiger partial charge in [-0.05, 0) is 12.1 Å². The van der Waals surface area contributed by atoms with Crippen LogP contribution in [0.4, 0.5) is 0 Å². The van der Waals surface area contributed by atoms with Crippen LogP contribution in [0.25, 0.3) is 10.8 Å². The number of hydrogen-bond acceptors (Lipinski definition) is 4. The Balaban J connectivity index is 0.000000527. The average molecular weight is 392 g/mol. The highest BCUT2D eigenvalue weighted by Crippen LogP contribution is 2.31. The number of aliphatic carboxylic acids is 2. The van der Waals surface area contributed by atoms with Crippen LogP contribution in [0, 0.1) is 0 Å². The zero-order chi connectivity index (χ0) is 20.2. The Morgan fingerprint density at radius 2 is 1.56 bits per heavy atom. The fourth-order valence-electron chi connectivity index (χ4n) is 2.27. The smallest absolute Gasteiger partial charge is 0.414 e. The molecule has 0 aliphatic rings. The molecule has 0 aliphatic carbocycles. The lowest BCUT2D eigenvalue weighted by Crippen LogP contribution is -2.28. The van der Waals surface area contributed by atoms with Crippen molar-refractivity contribution >= 4 is 34.3 Å². The van der Waals surface area contributed by atoms with Crippen LogP contribution in [-0.4, -0.2) is 53.3 Å². The first-order valence-corrected chi connectivity index (χ1v) is 8.48. The molecule has 0 radical (unpaired) electrons. The van der Waals surface area contributed by atoms with Crippen molar-refractivity contribution in [2.24, 2.45) is 0 Å². The van der Waals surface area contributed by atoms with Gasteiger partial charge in [0, 0.05) is 35.4 Å². The van der Waals surface area contributed by atoms with Crippen molar-refractivity contribution in [3.05, 3.63) is 66.7 Å². The normalized spacial score (nSPS) is 10.0. The molecule has 0 spiro atoms. The van der Waals surface area contributed by atoms with Crippen molar-refractivity contribution in [1.29, 1.82) is 0 Å². The maximum Gasteiger partial charge on any atom is 0.414 e. The number of carboxylic acids is 2. The Hall–Kier alpha value is -2.83. The third-order valence-corrected chi connectivity index (χ3v) is 3.78. The number of carbonyl (C=O) groups is 2. The summed E-state index contributed by atoms with van der Waals surface area (Å²) in [6.07, 6.45) is 3.78. The van der Waals surface area contributed by atoms with E-state index in [9.17, 15) is 0 Å². The molecule has 7 heteroatoms. The largest absolute Gasteiger partial charge is 0.492 e. The number of nitrogens with zero attached hydrogens (tertiary/aromatic N) is 1. The molecule has 0 aliphatic heterocycles. The average Bonchev–Trinajstić information content (AvgIpc) is 2.64. The van der Waals surface area contributed by atoms with Gasteiger partial charge in [0.1, 0.15) is 12.4 Å². The summed E-state index contributed by atoms with van der Waals surface area (Å²) < 4.78 is 5.93. The van der Waals surface area contributed by atoms with Crippen molar-refractivity contribution in [3.8, 4) is 5.75 Å². The SMILES string of the molecule is C=CCN(CC=C)CCOc1ccc(Cl)c2ccccc12.O=C(O)C(=O)O. The molecule has 0 atom stereocenters. The van der Waals surface area contributed by atoms with Crippen LogP contribution >= 0.6 is 11.6 Å². The molecule has 2 N–H and O–H groups in total. The van der Waals surface area contributed by atoms with Gasteiger partial charge in [-0.2, -0.15) is 0 Å². The number of fused-ring (bicyclic) bond motifs is 1. The van der Waals surface area contributed by atoms with Crippen molar-refractivity contribution in [3.63, 3.8) is 0 Å². The highest BCUT2D eigenvalue weighted by Gasteiger charge is 2.06. The lowest BCUT2D eigenvalue weighted by molar-refractivity contribution is -0.159. The first-order valence-electron chi connectivity index (χ1n) is 8.11. The predicted molar refractivity (Wildman–Crippen MR) is 107 cm³/mol. The molecular formula is C20H22ClNO5. The van der Waals surface area contributed by atoms with Crippen molar-refractivity contribution in [2.75, 3.05) is 26.2 Å². The van der Waals surface area contributed by atoms with Crippen molar-refractivity contribution < 1.29 is 24.5 Å². The summed E-state index contributed by atoms with van der Waals surface area (Å²) in [7, 11) is 0. The summed E-state index contributed by atoms with van der Waals surface area (Å²) in [6, 6.07) is 11.8. The Morgan fingerprint density at radius 3 is 2.07 bits per heavy atom. The molecule has 6 nitrogen and oxygen atoms in total. The second kappa shape index (κ2) is 11.7. The van der Waals surface area contributed by atoms with Crippen molar-refractivity contribution in [1.82, 2.24) is 4.90 Å². The molecule has 0 saturated carbocycles. The molecule has 0 fully saturated rings. The van der Waals surface area contributed by atoms with Crippen LogP contribution in [0.1, 0.15) is 0 Å². The minimum Gasteiger partial charge on any atom is -0.492 e. The van der Waals surface area contributed by atoms with E-state index in [0.717, 1.165) is 41.2 Å². The second-order valence-electron chi connectivity index (χ2n) is 5.39. The number of rotatable bonds is 8. The van der Waals surface area contributed by atoms with E-state index >= 15 is 0 Å². The number of hydrogen-bond donors (Lipinski definition) is 2. The zero-order valence-corrected chi connectivity index (χ0v) is 15.6. The molecule has 27 heavy (non-hydrogen) atoms. The maximum absolute atomic E-state index is 9.10.